The van der Waals surface area contributed by atoms with Gasteiger partial charge in [-0.25, -0.2) is 9.97 Å². The SMILES string of the molecule is CCOC(=O)C(C(=O)OCC)c1cc2nc3ccccc3nc2c2ccccc12. The summed E-state index contributed by atoms with van der Waals surface area (Å²) in [7, 11) is 0. The second-order valence-corrected chi connectivity index (χ2v) is 6.53. The number of ether oxygens (including phenoxy) is 2. The Labute approximate surface area is 167 Å². The number of carbonyl (C=O) groups excluding carboxylic acids is 2. The highest BCUT2D eigenvalue weighted by atomic mass is 16.6. The molecule has 146 valence electrons. The van der Waals surface area contributed by atoms with E-state index in [9.17, 15) is 9.59 Å². The largest absolute Gasteiger partial charge is 0.465 e. The molecule has 29 heavy (non-hydrogen) atoms. The Hall–Kier alpha value is -3.54. The summed E-state index contributed by atoms with van der Waals surface area (Å²) < 4.78 is 10.4. The van der Waals surface area contributed by atoms with Gasteiger partial charge < -0.3 is 9.47 Å². The van der Waals surface area contributed by atoms with Crippen LogP contribution in [0.15, 0.2) is 54.6 Å². The van der Waals surface area contributed by atoms with E-state index in [0.717, 1.165) is 27.3 Å². The molecule has 3 aromatic carbocycles. The second kappa shape index (κ2) is 7.83. The molecule has 0 fully saturated rings. The second-order valence-electron chi connectivity index (χ2n) is 6.53. The molecule has 0 unspecified atom stereocenters. The van der Waals surface area contributed by atoms with E-state index < -0.39 is 17.9 Å². The van der Waals surface area contributed by atoms with Crippen LogP contribution in [0.1, 0.15) is 25.3 Å². The van der Waals surface area contributed by atoms with Crippen LogP contribution >= 0.6 is 0 Å². The Morgan fingerprint density at radius 2 is 1.34 bits per heavy atom. The number of fused-ring (bicyclic) bond motifs is 4. The number of hydrogen-bond donors (Lipinski definition) is 0. The van der Waals surface area contributed by atoms with Crippen molar-refractivity contribution in [3.63, 3.8) is 0 Å². The first kappa shape index (κ1) is 18.8. The molecule has 1 aromatic heterocycles. The first-order chi connectivity index (χ1) is 14.1. The fourth-order valence-corrected chi connectivity index (χ4v) is 3.52. The molecular formula is C23H20N2O4. The van der Waals surface area contributed by atoms with Crippen molar-refractivity contribution in [2.45, 2.75) is 19.8 Å². The van der Waals surface area contributed by atoms with Gasteiger partial charge in [-0.2, -0.15) is 0 Å². The minimum Gasteiger partial charge on any atom is -0.465 e. The van der Waals surface area contributed by atoms with Crippen molar-refractivity contribution in [2.24, 2.45) is 0 Å². The Morgan fingerprint density at radius 1 is 0.793 bits per heavy atom. The maximum Gasteiger partial charge on any atom is 0.324 e. The lowest BCUT2D eigenvalue weighted by Gasteiger charge is -2.18. The summed E-state index contributed by atoms with van der Waals surface area (Å²) in [6, 6.07) is 16.9. The monoisotopic (exact) mass is 388 g/mol. The number of carbonyl (C=O) groups is 2. The van der Waals surface area contributed by atoms with Gasteiger partial charge in [-0.05, 0) is 43.0 Å². The van der Waals surface area contributed by atoms with E-state index in [4.69, 9.17) is 19.4 Å². The third kappa shape index (κ3) is 3.38. The van der Waals surface area contributed by atoms with Crippen LogP contribution in [0.3, 0.4) is 0 Å². The highest BCUT2D eigenvalue weighted by Gasteiger charge is 2.33. The molecule has 0 amide bonds. The molecule has 6 nitrogen and oxygen atoms in total. The zero-order chi connectivity index (χ0) is 20.4. The van der Waals surface area contributed by atoms with Crippen LogP contribution in [-0.2, 0) is 19.1 Å². The molecule has 0 radical (unpaired) electrons. The third-order valence-electron chi connectivity index (χ3n) is 4.74. The van der Waals surface area contributed by atoms with Crippen LogP contribution in [0.4, 0.5) is 0 Å². The van der Waals surface area contributed by atoms with Crippen molar-refractivity contribution in [2.75, 3.05) is 13.2 Å². The van der Waals surface area contributed by atoms with Gasteiger partial charge in [0.1, 0.15) is 0 Å². The normalized spacial score (nSPS) is 11.3. The standard InChI is InChI=1S/C23H20N2O4/c1-3-28-22(26)20(23(27)29-4-2)16-13-19-21(15-10-6-5-9-14(15)16)25-18-12-8-7-11-17(18)24-19/h5-13,20H,3-4H2,1-2H3. The molecule has 1 heterocycles. The van der Waals surface area contributed by atoms with Gasteiger partial charge in [0, 0.05) is 5.39 Å². The zero-order valence-electron chi connectivity index (χ0n) is 16.2. The maximum atomic E-state index is 12.7. The van der Waals surface area contributed by atoms with Crippen molar-refractivity contribution in [3.05, 3.63) is 60.2 Å². The predicted molar refractivity (Wildman–Crippen MR) is 111 cm³/mol. The molecule has 0 atom stereocenters. The molecule has 0 bridgehead atoms. The zero-order valence-corrected chi connectivity index (χ0v) is 16.2. The van der Waals surface area contributed by atoms with Crippen molar-refractivity contribution < 1.29 is 19.1 Å². The van der Waals surface area contributed by atoms with Gasteiger partial charge in [0.25, 0.3) is 0 Å². The summed E-state index contributed by atoms with van der Waals surface area (Å²) in [6.45, 7) is 3.75. The number of aromatic nitrogens is 2. The number of hydrogen-bond acceptors (Lipinski definition) is 6. The minimum absolute atomic E-state index is 0.171. The molecule has 0 aliphatic heterocycles. The summed E-state index contributed by atoms with van der Waals surface area (Å²) in [6.07, 6.45) is 0. The molecule has 4 aromatic rings. The Morgan fingerprint density at radius 3 is 1.97 bits per heavy atom. The van der Waals surface area contributed by atoms with Crippen molar-refractivity contribution in [1.82, 2.24) is 9.97 Å². The lowest BCUT2D eigenvalue weighted by atomic mass is 9.92. The molecule has 0 aliphatic carbocycles. The minimum atomic E-state index is -1.18. The van der Waals surface area contributed by atoms with E-state index in [1.807, 2.05) is 48.5 Å². The van der Waals surface area contributed by atoms with E-state index in [1.54, 1.807) is 19.9 Å². The Bertz CT molecular complexity index is 1220. The van der Waals surface area contributed by atoms with Gasteiger partial charge in [0.15, 0.2) is 5.92 Å². The quantitative estimate of drug-likeness (QED) is 0.221. The first-order valence-corrected chi connectivity index (χ1v) is 9.55. The molecule has 0 saturated carbocycles. The summed E-state index contributed by atoms with van der Waals surface area (Å²) in [4.78, 5) is 34.9. The summed E-state index contributed by atoms with van der Waals surface area (Å²) in [5.41, 5.74) is 3.36. The van der Waals surface area contributed by atoms with Crippen LogP contribution in [0.25, 0.3) is 32.8 Å². The van der Waals surface area contributed by atoms with Crippen LogP contribution in [0.2, 0.25) is 0 Å². The first-order valence-electron chi connectivity index (χ1n) is 9.55. The van der Waals surface area contributed by atoms with Gasteiger partial charge >= 0.3 is 11.9 Å². The van der Waals surface area contributed by atoms with Gasteiger partial charge in [0.2, 0.25) is 0 Å². The molecule has 6 heteroatoms. The van der Waals surface area contributed by atoms with Crippen molar-refractivity contribution >= 4 is 44.8 Å². The smallest absolute Gasteiger partial charge is 0.324 e. The maximum absolute atomic E-state index is 12.7. The van der Waals surface area contributed by atoms with Gasteiger partial charge in [0.05, 0.1) is 35.3 Å². The van der Waals surface area contributed by atoms with Gasteiger partial charge in [-0.15, -0.1) is 0 Å². The van der Waals surface area contributed by atoms with E-state index in [-0.39, 0.29) is 13.2 Å². The van der Waals surface area contributed by atoms with E-state index in [0.29, 0.717) is 11.1 Å². The molecular weight excluding hydrogens is 368 g/mol. The average Bonchev–Trinajstić information content (AvgIpc) is 2.73. The summed E-state index contributed by atoms with van der Waals surface area (Å²) in [5, 5.41) is 1.56. The molecule has 0 spiro atoms. The summed E-state index contributed by atoms with van der Waals surface area (Å²) >= 11 is 0. The topological polar surface area (TPSA) is 78.4 Å². The molecule has 4 rings (SSSR count). The lowest BCUT2D eigenvalue weighted by molar-refractivity contribution is -0.156. The van der Waals surface area contributed by atoms with Gasteiger partial charge in [-0.1, -0.05) is 36.4 Å². The van der Waals surface area contributed by atoms with Gasteiger partial charge in [-0.3, -0.25) is 9.59 Å². The van der Waals surface area contributed by atoms with E-state index >= 15 is 0 Å². The van der Waals surface area contributed by atoms with Crippen LogP contribution < -0.4 is 0 Å². The van der Waals surface area contributed by atoms with Crippen LogP contribution in [0.5, 0.6) is 0 Å². The van der Waals surface area contributed by atoms with E-state index in [2.05, 4.69) is 0 Å². The van der Waals surface area contributed by atoms with E-state index in [1.165, 1.54) is 0 Å². The number of nitrogens with zero attached hydrogens (tertiary/aromatic N) is 2. The molecule has 0 aliphatic rings. The van der Waals surface area contributed by atoms with Crippen LogP contribution in [-0.4, -0.2) is 35.1 Å². The third-order valence-corrected chi connectivity index (χ3v) is 4.74. The Balaban J connectivity index is 2.04. The lowest BCUT2D eigenvalue weighted by Crippen LogP contribution is -2.26. The summed E-state index contributed by atoms with van der Waals surface area (Å²) in [5.74, 6) is -2.45. The average molecular weight is 388 g/mol. The number of esters is 2. The highest BCUT2D eigenvalue weighted by molar-refractivity contribution is 6.12. The fourth-order valence-electron chi connectivity index (χ4n) is 3.52. The molecule has 0 saturated heterocycles. The Kier molecular flexibility index (Phi) is 5.08. The number of benzene rings is 3. The number of rotatable bonds is 5. The predicted octanol–water partition coefficient (Wildman–Crippen LogP) is 4.15. The fraction of sp³-hybridized carbons (Fsp3) is 0.217. The molecule has 0 N–H and O–H groups in total. The van der Waals surface area contributed by atoms with Crippen molar-refractivity contribution in [3.8, 4) is 0 Å². The number of para-hydroxylation sites is 2. The van der Waals surface area contributed by atoms with Crippen molar-refractivity contribution in [1.29, 1.82) is 0 Å². The van der Waals surface area contributed by atoms with Crippen LogP contribution in [0, 0.1) is 0 Å². The highest BCUT2D eigenvalue weighted by Crippen LogP contribution is 2.33.